The van der Waals surface area contributed by atoms with Crippen LogP contribution < -0.4 is 19.5 Å². The van der Waals surface area contributed by atoms with Crippen LogP contribution in [0.4, 0.5) is 5.69 Å². The molecule has 0 aliphatic carbocycles. The molecule has 152 valence electrons. The van der Waals surface area contributed by atoms with Gasteiger partial charge in [-0.1, -0.05) is 23.9 Å². The Bertz CT molecular complexity index is 976. The Morgan fingerprint density at radius 3 is 2.52 bits per heavy atom. The van der Waals surface area contributed by atoms with Crippen LogP contribution >= 0.6 is 11.8 Å². The molecule has 0 aliphatic heterocycles. The number of hydrogen-bond donors (Lipinski definition) is 1. The van der Waals surface area contributed by atoms with Gasteiger partial charge in [-0.05, 0) is 30.3 Å². The molecule has 0 saturated carbocycles. The van der Waals surface area contributed by atoms with Gasteiger partial charge in [0.15, 0.2) is 11.5 Å². The van der Waals surface area contributed by atoms with Crippen LogP contribution in [-0.4, -0.2) is 43.2 Å². The number of thioether (sulfide) groups is 1. The summed E-state index contributed by atoms with van der Waals surface area (Å²) in [5.41, 5.74) is 1.36. The molecule has 0 aliphatic rings. The highest BCUT2D eigenvalue weighted by Crippen LogP contribution is 2.32. The summed E-state index contributed by atoms with van der Waals surface area (Å²) in [7, 11) is 4.70. The van der Waals surface area contributed by atoms with Gasteiger partial charge in [0.25, 0.3) is 5.22 Å². The van der Waals surface area contributed by atoms with Gasteiger partial charge in [-0.2, -0.15) is 0 Å². The molecule has 8 nitrogen and oxygen atoms in total. The number of amides is 1. The summed E-state index contributed by atoms with van der Waals surface area (Å²) < 4.78 is 21.4. The fraction of sp³-hybridized carbons (Fsp3) is 0.250. The molecule has 0 spiro atoms. The second kappa shape index (κ2) is 9.83. The van der Waals surface area contributed by atoms with Crippen molar-refractivity contribution in [2.24, 2.45) is 0 Å². The van der Waals surface area contributed by atoms with Crippen LogP contribution in [0.25, 0.3) is 11.5 Å². The second-order valence-electron chi connectivity index (χ2n) is 5.79. The first-order valence-corrected chi connectivity index (χ1v) is 9.74. The number of carbonyl (C=O) groups excluding carboxylic acids is 1. The Labute approximate surface area is 172 Å². The number of ether oxygens (including phenoxy) is 3. The van der Waals surface area contributed by atoms with Gasteiger partial charge in [-0.15, -0.1) is 10.2 Å². The standard InChI is InChI=1S/C20H21N3O5S/c1-25-15-7-5-4-6-14(15)21-18(24)10-11-29-20-23-22-19(28-20)13-8-9-16(26-2)17(12-13)27-3/h4-9,12H,10-11H2,1-3H3,(H,21,24). The molecule has 0 radical (unpaired) electrons. The third-order valence-corrected chi connectivity index (χ3v) is 4.79. The summed E-state index contributed by atoms with van der Waals surface area (Å²) in [4.78, 5) is 12.2. The van der Waals surface area contributed by atoms with Crippen LogP contribution in [0.2, 0.25) is 0 Å². The lowest BCUT2D eigenvalue weighted by molar-refractivity contribution is -0.115. The molecule has 0 unspecified atom stereocenters. The van der Waals surface area contributed by atoms with Crippen molar-refractivity contribution in [2.45, 2.75) is 11.6 Å². The zero-order valence-electron chi connectivity index (χ0n) is 16.3. The van der Waals surface area contributed by atoms with Crippen molar-refractivity contribution in [1.29, 1.82) is 0 Å². The molecule has 1 N–H and O–H groups in total. The fourth-order valence-electron chi connectivity index (χ4n) is 2.55. The largest absolute Gasteiger partial charge is 0.495 e. The Morgan fingerprint density at radius 1 is 1.00 bits per heavy atom. The van der Waals surface area contributed by atoms with Crippen molar-refractivity contribution < 1.29 is 23.4 Å². The molecule has 0 fully saturated rings. The number of carbonyl (C=O) groups is 1. The number of anilines is 1. The molecule has 0 saturated heterocycles. The predicted octanol–water partition coefficient (Wildman–Crippen LogP) is 3.88. The monoisotopic (exact) mass is 415 g/mol. The third kappa shape index (κ3) is 5.20. The van der Waals surface area contributed by atoms with Gasteiger partial charge >= 0.3 is 0 Å². The first-order chi connectivity index (χ1) is 14.1. The normalized spacial score (nSPS) is 10.4. The average molecular weight is 415 g/mol. The number of nitrogens with one attached hydrogen (secondary N) is 1. The summed E-state index contributed by atoms with van der Waals surface area (Å²) in [6.45, 7) is 0. The minimum Gasteiger partial charge on any atom is -0.495 e. The van der Waals surface area contributed by atoms with Crippen LogP contribution in [0.3, 0.4) is 0 Å². The van der Waals surface area contributed by atoms with Crippen LogP contribution in [0.1, 0.15) is 6.42 Å². The fourth-order valence-corrected chi connectivity index (χ4v) is 3.24. The topological polar surface area (TPSA) is 95.7 Å². The Hall–Kier alpha value is -3.20. The van der Waals surface area contributed by atoms with E-state index in [1.54, 1.807) is 45.6 Å². The number of aromatic nitrogens is 2. The van der Waals surface area contributed by atoms with Crippen molar-refractivity contribution in [3.63, 3.8) is 0 Å². The molecule has 29 heavy (non-hydrogen) atoms. The van der Waals surface area contributed by atoms with Crippen molar-refractivity contribution in [2.75, 3.05) is 32.4 Å². The number of hydrogen-bond acceptors (Lipinski definition) is 8. The van der Waals surface area contributed by atoms with E-state index in [0.29, 0.717) is 39.8 Å². The number of benzene rings is 2. The Balaban J connectivity index is 1.55. The van der Waals surface area contributed by atoms with E-state index in [0.717, 1.165) is 5.56 Å². The second-order valence-corrected chi connectivity index (χ2v) is 6.84. The van der Waals surface area contributed by atoms with Crippen molar-refractivity contribution in [3.8, 4) is 28.7 Å². The van der Waals surface area contributed by atoms with E-state index < -0.39 is 0 Å². The Kier molecular flexibility index (Phi) is 6.96. The molecule has 9 heteroatoms. The maximum atomic E-state index is 12.2. The highest BCUT2D eigenvalue weighted by Gasteiger charge is 2.13. The quantitative estimate of drug-likeness (QED) is 0.526. The first kappa shape index (κ1) is 20.5. The zero-order chi connectivity index (χ0) is 20.6. The minimum atomic E-state index is -0.123. The Morgan fingerprint density at radius 2 is 1.76 bits per heavy atom. The number of para-hydroxylation sites is 2. The maximum Gasteiger partial charge on any atom is 0.276 e. The number of rotatable bonds is 9. The van der Waals surface area contributed by atoms with Crippen LogP contribution in [0.15, 0.2) is 52.1 Å². The molecule has 1 heterocycles. The highest BCUT2D eigenvalue weighted by molar-refractivity contribution is 7.99. The first-order valence-electron chi connectivity index (χ1n) is 8.76. The summed E-state index contributed by atoms with van der Waals surface area (Å²) >= 11 is 1.31. The summed E-state index contributed by atoms with van der Waals surface area (Å²) in [5.74, 6) is 2.55. The summed E-state index contributed by atoms with van der Waals surface area (Å²) in [6.07, 6.45) is 0.288. The smallest absolute Gasteiger partial charge is 0.276 e. The molecule has 3 aromatic rings. The van der Waals surface area contributed by atoms with Gasteiger partial charge in [-0.25, -0.2) is 0 Å². The van der Waals surface area contributed by atoms with Crippen LogP contribution in [0, 0.1) is 0 Å². The minimum absolute atomic E-state index is 0.123. The van der Waals surface area contributed by atoms with E-state index in [2.05, 4.69) is 15.5 Å². The van der Waals surface area contributed by atoms with Crippen LogP contribution in [-0.2, 0) is 4.79 Å². The van der Waals surface area contributed by atoms with E-state index in [4.69, 9.17) is 18.6 Å². The van der Waals surface area contributed by atoms with Crippen LogP contribution in [0.5, 0.6) is 17.2 Å². The van der Waals surface area contributed by atoms with E-state index in [-0.39, 0.29) is 12.3 Å². The molecule has 1 amide bonds. The van der Waals surface area contributed by atoms with Gasteiger partial charge in [0.2, 0.25) is 11.8 Å². The molecule has 1 aromatic heterocycles. The maximum absolute atomic E-state index is 12.2. The lowest BCUT2D eigenvalue weighted by Crippen LogP contribution is -2.12. The lowest BCUT2D eigenvalue weighted by Gasteiger charge is -2.09. The van der Waals surface area contributed by atoms with Gasteiger partial charge < -0.3 is 23.9 Å². The molecule has 0 atom stereocenters. The van der Waals surface area contributed by atoms with Gasteiger partial charge in [0.05, 0.1) is 27.0 Å². The van der Waals surface area contributed by atoms with E-state index in [9.17, 15) is 4.79 Å². The van der Waals surface area contributed by atoms with E-state index >= 15 is 0 Å². The summed E-state index contributed by atoms with van der Waals surface area (Å²) in [5, 5.41) is 11.3. The zero-order valence-corrected chi connectivity index (χ0v) is 17.1. The number of nitrogens with zero attached hydrogens (tertiary/aromatic N) is 2. The average Bonchev–Trinajstić information content (AvgIpc) is 3.22. The third-order valence-electron chi connectivity index (χ3n) is 3.97. The molecular formula is C20H21N3O5S. The van der Waals surface area contributed by atoms with Gasteiger partial charge in [0, 0.05) is 17.7 Å². The van der Waals surface area contributed by atoms with Gasteiger partial charge in [0.1, 0.15) is 5.75 Å². The van der Waals surface area contributed by atoms with Crippen molar-refractivity contribution >= 4 is 23.4 Å². The molecule has 0 bridgehead atoms. The van der Waals surface area contributed by atoms with Gasteiger partial charge in [-0.3, -0.25) is 4.79 Å². The van der Waals surface area contributed by atoms with Crippen molar-refractivity contribution in [1.82, 2.24) is 10.2 Å². The lowest BCUT2D eigenvalue weighted by atomic mass is 10.2. The molecular weight excluding hydrogens is 394 g/mol. The molecule has 3 rings (SSSR count). The highest BCUT2D eigenvalue weighted by atomic mass is 32.2. The number of methoxy groups -OCH3 is 3. The van der Waals surface area contributed by atoms with E-state index in [1.807, 2.05) is 18.2 Å². The van der Waals surface area contributed by atoms with Crippen molar-refractivity contribution in [3.05, 3.63) is 42.5 Å². The summed E-state index contributed by atoms with van der Waals surface area (Å²) in [6, 6.07) is 12.6. The predicted molar refractivity (Wildman–Crippen MR) is 110 cm³/mol. The SMILES string of the molecule is COc1ccccc1NC(=O)CCSc1nnc(-c2ccc(OC)c(OC)c2)o1. The molecule has 2 aromatic carbocycles. The van der Waals surface area contributed by atoms with E-state index in [1.165, 1.54) is 11.8 Å².